The second kappa shape index (κ2) is 5.98. The van der Waals surface area contributed by atoms with E-state index in [9.17, 15) is 4.79 Å². The number of carbonyl (C=O) groups excluding carboxylic acids is 1. The van der Waals surface area contributed by atoms with Gasteiger partial charge < -0.3 is 16.0 Å². The lowest BCUT2D eigenvalue weighted by Crippen LogP contribution is -2.23. The van der Waals surface area contributed by atoms with Gasteiger partial charge in [0.1, 0.15) is 0 Å². The number of aryl methyl sites for hydroxylation is 1. The van der Waals surface area contributed by atoms with Gasteiger partial charge in [-0.15, -0.1) is 0 Å². The van der Waals surface area contributed by atoms with E-state index in [2.05, 4.69) is 28.1 Å². The third-order valence-corrected chi connectivity index (χ3v) is 3.46. The second-order valence-electron chi connectivity index (χ2n) is 4.70. The van der Waals surface area contributed by atoms with Crippen molar-refractivity contribution in [1.29, 1.82) is 0 Å². The first-order valence-corrected chi connectivity index (χ1v) is 6.49. The largest absolute Gasteiger partial charge is 0.326 e. The Morgan fingerprint density at radius 2 is 2.17 bits per heavy atom. The van der Waals surface area contributed by atoms with Crippen molar-refractivity contribution in [1.82, 2.24) is 10.6 Å². The van der Waals surface area contributed by atoms with Crippen LogP contribution < -0.4 is 16.0 Å². The van der Waals surface area contributed by atoms with Crippen LogP contribution in [0.3, 0.4) is 0 Å². The average molecular weight is 247 g/mol. The predicted molar refractivity (Wildman–Crippen MR) is 73.7 cm³/mol. The maximum absolute atomic E-state index is 11.3. The molecule has 2 rings (SSSR count). The van der Waals surface area contributed by atoms with Crippen molar-refractivity contribution >= 4 is 11.6 Å². The Morgan fingerprint density at radius 1 is 1.33 bits per heavy atom. The van der Waals surface area contributed by atoms with Crippen molar-refractivity contribution in [2.45, 2.75) is 25.3 Å². The molecule has 98 valence electrons. The summed E-state index contributed by atoms with van der Waals surface area (Å²) >= 11 is 0. The van der Waals surface area contributed by atoms with Crippen LogP contribution in [0.4, 0.5) is 5.69 Å². The van der Waals surface area contributed by atoms with Crippen LogP contribution in [0.5, 0.6) is 0 Å². The van der Waals surface area contributed by atoms with E-state index in [1.54, 1.807) is 0 Å². The number of benzene rings is 1. The third kappa shape index (κ3) is 2.89. The van der Waals surface area contributed by atoms with Gasteiger partial charge in [0.15, 0.2) is 0 Å². The zero-order chi connectivity index (χ0) is 13.0. The van der Waals surface area contributed by atoms with E-state index in [1.807, 2.05) is 20.2 Å². The van der Waals surface area contributed by atoms with Gasteiger partial charge in [-0.1, -0.05) is 12.1 Å². The van der Waals surface area contributed by atoms with E-state index in [-0.39, 0.29) is 5.91 Å². The minimum Gasteiger partial charge on any atom is -0.326 e. The van der Waals surface area contributed by atoms with E-state index in [1.165, 1.54) is 11.1 Å². The van der Waals surface area contributed by atoms with E-state index in [0.717, 1.165) is 25.1 Å². The van der Waals surface area contributed by atoms with Gasteiger partial charge in [0.2, 0.25) is 5.91 Å². The van der Waals surface area contributed by atoms with Gasteiger partial charge in [-0.2, -0.15) is 0 Å². The highest BCUT2D eigenvalue weighted by Gasteiger charge is 2.16. The minimum absolute atomic E-state index is 0.121. The van der Waals surface area contributed by atoms with Crippen molar-refractivity contribution in [3.8, 4) is 0 Å². The summed E-state index contributed by atoms with van der Waals surface area (Å²) in [7, 11) is 3.96. The molecule has 1 aliphatic rings. The molecule has 1 heterocycles. The summed E-state index contributed by atoms with van der Waals surface area (Å²) in [6, 6.07) is 6.69. The van der Waals surface area contributed by atoms with Gasteiger partial charge in [-0.25, -0.2) is 0 Å². The summed E-state index contributed by atoms with van der Waals surface area (Å²) in [4.78, 5) is 11.3. The Morgan fingerprint density at radius 3 is 2.89 bits per heavy atom. The Labute approximate surface area is 108 Å². The molecule has 0 bridgehead atoms. The molecule has 4 heteroatoms. The first-order valence-electron chi connectivity index (χ1n) is 6.49. The van der Waals surface area contributed by atoms with E-state index in [4.69, 9.17) is 0 Å². The standard InChI is InChI=1S/C14H21N3O/c1-15-8-7-12(16-2)10-3-5-13-11(9-10)4-6-14(18)17-13/h3,5,9,12,15-16H,4,6-8H2,1-2H3,(H,17,18). The van der Waals surface area contributed by atoms with Crippen molar-refractivity contribution in [2.24, 2.45) is 0 Å². The van der Waals surface area contributed by atoms with Gasteiger partial charge in [-0.05, 0) is 50.7 Å². The molecule has 1 amide bonds. The highest BCUT2D eigenvalue weighted by atomic mass is 16.1. The van der Waals surface area contributed by atoms with Crippen molar-refractivity contribution in [3.63, 3.8) is 0 Å². The lowest BCUT2D eigenvalue weighted by atomic mass is 9.96. The van der Waals surface area contributed by atoms with E-state index >= 15 is 0 Å². The summed E-state index contributed by atoms with van der Waals surface area (Å²) in [5.41, 5.74) is 3.51. The normalized spacial score (nSPS) is 16.0. The summed E-state index contributed by atoms with van der Waals surface area (Å²) in [5, 5.41) is 9.43. The molecular formula is C14H21N3O. The molecule has 18 heavy (non-hydrogen) atoms. The Hall–Kier alpha value is -1.39. The van der Waals surface area contributed by atoms with Crippen LogP contribution in [0.25, 0.3) is 0 Å². The highest BCUT2D eigenvalue weighted by molar-refractivity contribution is 5.93. The zero-order valence-corrected chi connectivity index (χ0v) is 11.0. The number of anilines is 1. The summed E-state index contributed by atoms with van der Waals surface area (Å²) in [6.45, 7) is 0.985. The van der Waals surface area contributed by atoms with Gasteiger partial charge in [-0.3, -0.25) is 4.79 Å². The summed E-state index contributed by atoms with van der Waals surface area (Å²) < 4.78 is 0. The quantitative estimate of drug-likeness (QED) is 0.738. The number of fused-ring (bicyclic) bond motifs is 1. The maximum atomic E-state index is 11.3. The van der Waals surface area contributed by atoms with Crippen molar-refractivity contribution in [3.05, 3.63) is 29.3 Å². The van der Waals surface area contributed by atoms with Crippen LogP contribution in [-0.4, -0.2) is 26.5 Å². The molecule has 0 fully saturated rings. The smallest absolute Gasteiger partial charge is 0.224 e. The molecule has 1 aromatic carbocycles. The molecular weight excluding hydrogens is 226 g/mol. The van der Waals surface area contributed by atoms with E-state index < -0.39 is 0 Å². The fourth-order valence-corrected chi connectivity index (χ4v) is 2.39. The van der Waals surface area contributed by atoms with Gasteiger partial charge in [0, 0.05) is 18.2 Å². The number of rotatable bonds is 5. The molecule has 0 saturated carbocycles. The molecule has 1 aromatic rings. The Bertz CT molecular complexity index is 431. The van der Waals surface area contributed by atoms with Crippen molar-refractivity contribution < 1.29 is 4.79 Å². The highest BCUT2D eigenvalue weighted by Crippen LogP contribution is 2.26. The molecule has 1 atom stereocenters. The molecule has 1 unspecified atom stereocenters. The van der Waals surface area contributed by atoms with Crippen LogP contribution >= 0.6 is 0 Å². The summed E-state index contributed by atoms with van der Waals surface area (Å²) in [5.74, 6) is 0.121. The monoisotopic (exact) mass is 247 g/mol. The van der Waals surface area contributed by atoms with Crippen molar-refractivity contribution in [2.75, 3.05) is 26.0 Å². The lowest BCUT2D eigenvalue weighted by Gasteiger charge is -2.21. The third-order valence-electron chi connectivity index (χ3n) is 3.46. The molecule has 0 aromatic heterocycles. The Kier molecular flexibility index (Phi) is 4.33. The molecule has 0 radical (unpaired) electrons. The maximum Gasteiger partial charge on any atom is 0.224 e. The van der Waals surface area contributed by atoms with Crippen LogP contribution in [0, 0.1) is 0 Å². The number of amides is 1. The average Bonchev–Trinajstić information content (AvgIpc) is 2.39. The van der Waals surface area contributed by atoms with Gasteiger partial charge in [0.25, 0.3) is 0 Å². The molecule has 4 nitrogen and oxygen atoms in total. The van der Waals surface area contributed by atoms with Gasteiger partial charge in [0.05, 0.1) is 0 Å². The zero-order valence-electron chi connectivity index (χ0n) is 11.0. The molecule has 1 aliphatic heterocycles. The second-order valence-corrected chi connectivity index (χ2v) is 4.70. The van der Waals surface area contributed by atoms with Crippen LogP contribution in [0.1, 0.15) is 30.0 Å². The van der Waals surface area contributed by atoms with Crippen LogP contribution in [0.15, 0.2) is 18.2 Å². The topological polar surface area (TPSA) is 53.2 Å². The summed E-state index contributed by atoms with van der Waals surface area (Å²) in [6.07, 6.45) is 2.49. The molecule has 0 aliphatic carbocycles. The molecule has 0 saturated heterocycles. The predicted octanol–water partition coefficient (Wildman–Crippen LogP) is 1.44. The molecule has 3 N–H and O–H groups in total. The van der Waals surface area contributed by atoms with Crippen LogP contribution in [0.2, 0.25) is 0 Å². The first kappa shape index (κ1) is 13.1. The van der Waals surface area contributed by atoms with Crippen LogP contribution in [-0.2, 0) is 11.2 Å². The molecule has 0 spiro atoms. The first-order chi connectivity index (χ1) is 8.74. The lowest BCUT2D eigenvalue weighted by molar-refractivity contribution is -0.116. The number of nitrogens with one attached hydrogen (secondary N) is 3. The van der Waals surface area contributed by atoms with E-state index in [0.29, 0.717) is 12.5 Å². The minimum atomic E-state index is 0.121. The fraction of sp³-hybridized carbons (Fsp3) is 0.500. The SMILES string of the molecule is CNCCC(NC)c1ccc2c(c1)CCC(=O)N2. The Balaban J connectivity index is 2.16. The fourth-order valence-electron chi connectivity index (χ4n) is 2.39. The number of hydrogen-bond acceptors (Lipinski definition) is 3. The van der Waals surface area contributed by atoms with Gasteiger partial charge >= 0.3 is 0 Å². The number of hydrogen-bond donors (Lipinski definition) is 3. The number of carbonyl (C=O) groups is 1.